The molecule has 0 aliphatic heterocycles. The monoisotopic (exact) mass is 332 g/mol. The number of carbonyl (C=O) groups is 2. The molecule has 2 rings (SSSR count). The topological polar surface area (TPSA) is 71.3 Å². The number of hydrogen-bond acceptors (Lipinski definition) is 4. The summed E-state index contributed by atoms with van der Waals surface area (Å²) < 4.78 is 5.31. The molecule has 0 atom stereocenters. The molecule has 0 saturated carbocycles. The zero-order chi connectivity index (χ0) is 17.0. The van der Waals surface area contributed by atoms with Crippen LogP contribution in [0.4, 0.5) is 0 Å². The zero-order valence-corrected chi connectivity index (χ0v) is 14.4. The minimum Gasteiger partial charge on any atom is -0.466 e. The Bertz CT molecular complexity index is 722. The summed E-state index contributed by atoms with van der Waals surface area (Å²) in [7, 11) is 0. The van der Waals surface area contributed by atoms with Crippen LogP contribution in [0.15, 0.2) is 39.6 Å². The standard InChI is InChI=1S/C17H20N2O3S/c1-10(2)23-15-8-6-5-7-13(15)16(20)18-19-17(21)14-9-11(3)22-12(14)4/h5-10H,1-4H3,(H,18,20)(H,19,21). The second-order valence-corrected chi connectivity index (χ2v) is 7.02. The van der Waals surface area contributed by atoms with Gasteiger partial charge in [-0.2, -0.15) is 0 Å². The van der Waals surface area contributed by atoms with E-state index in [1.807, 2.05) is 12.1 Å². The van der Waals surface area contributed by atoms with Gasteiger partial charge in [0.15, 0.2) is 0 Å². The van der Waals surface area contributed by atoms with Crippen LogP contribution in [0, 0.1) is 13.8 Å². The van der Waals surface area contributed by atoms with Crippen molar-refractivity contribution in [3.05, 3.63) is 53.0 Å². The molecule has 0 fully saturated rings. The van der Waals surface area contributed by atoms with E-state index in [4.69, 9.17) is 4.42 Å². The Morgan fingerprint density at radius 2 is 1.65 bits per heavy atom. The predicted molar refractivity (Wildman–Crippen MR) is 90.5 cm³/mol. The summed E-state index contributed by atoms with van der Waals surface area (Å²) >= 11 is 1.60. The molecule has 1 aromatic heterocycles. The average molecular weight is 332 g/mol. The Kier molecular flexibility index (Phi) is 5.50. The summed E-state index contributed by atoms with van der Waals surface area (Å²) in [6, 6.07) is 8.95. The van der Waals surface area contributed by atoms with Gasteiger partial charge in [-0.15, -0.1) is 11.8 Å². The number of benzene rings is 1. The lowest BCUT2D eigenvalue weighted by molar-refractivity contribution is 0.0844. The smallest absolute Gasteiger partial charge is 0.273 e. The van der Waals surface area contributed by atoms with Crippen molar-refractivity contribution in [1.82, 2.24) is 10.9 Å². The highest BCUT2D eigenvalue weighted by molar-refractivity contribution is 8.00. The SMILES string of the molecule is Cc1cc(C(=O)NNC(=O)c2ccccc2SC(C)C)c(C)o1. The first-order valence-electron chi connectivity index (χ1n) is 7.32. The third kappa shape index (κ3) is 4.39. The lowest BCUT2D eigenvalue weighted by Gasteiger charge is -2.12. The lowest BCUT2D eigenvalue weighted by Crippen LogP contribution is -2.41. The molecule has 0 bridgehead atoms. The van der Waals surface area contributed by atoms with Crippen LogP contribution in [0.5, 0.6) is 0 Å². The average Bonchev–Trinajstić information content (AvgIpc) is 2.83. The van der Waals surface area contributed by atoms with Crippen molar-refractivity contribution in [1.29, 1.82) is 0 Å². The van der Waals surface area contributed by atoms with Gasteiger partial charge in [0.2, 0.25) is 0 Å². The Morgan fingerprint density at radius 1 is 1.04 bits per heavy atom. The number of furan rings is 1. The van der Waals surface area contributed by atoms with E-state index in [0.717, 1.165) is 4.90 Å². The molecule has 6 heteroatoms. The van der Waals surface area contributed by atoms with Crippen LogP contribution in [0.3, 0.4) is 0 Å². The highest BCUT2D eigenvalue weighted by atomic mass is 32.2. The Balaban J connectivity index is 2.05. The van der Waals surface area contributed by atoms with Crippen molar-refractivity contribution >= 4 is 23.6 Å². The van der Waals surface area contributed by atoms with Crippen molar-refractivity contribution in [2.24, 2.45) is 0 Å². The number of nitrogens with one attached hydrogen (secondary N) is 2. The van der Waals surface area contributed by atoms with Crippen molar-refractivity contribution in [3.63, 3.8) is 0 Å². The maximum Gasteiger partial charge on any atom is 0.273 e. The van der Waals surface area contributed by atoms with Gasteiger partial charge in [0.05, 0.1) is 11.1 Å². The summed E-state index contributed by atoms with van der Waals surface area (Å²) in [5, 5.41) is 0.357. The van der Waals surface area contributed by atoms with Crippen molar-refractivity contribution in [2.75, 3.05) is 0 Å². The molecule has 2 N–H and O–H groups in total. The summed E-state index contributed by atoms with van der Waals surface area (Å²) in [4.78, 5) is 25.3. The summed E-state index contributed by atoms with van der Waals surface area (Å²) in [5.41, 5.74) is 5.82. The largest absolute Gasteiger partial charge is 0.466 e. The molecule has 2 aromatic rings. The molecule has 5 nitrogen and oxygen atoms in total. The van der Waals surface area contributed by atoms with Gasteiger partial charge in [0, 0.05) is 10.1 Å². The number of amides is 2. The maximum absolute atomic E-state index is 12.3. The molecule has 122 valence electrons. The highest BCUT2D eigenvalue weighted by Gasteiger charge is 2.16. The third-order valence-electron chi connectivity index (χ3n) is 3.07. The van der Waals surface area contributed by atoms with E-state index in [0.29, 0.717) is 27.9 Å². The van der Waals surface area contributed by atoms with Gasteiger partial charge < -0.3 is 4.42 Å². The molecular formula is C17H20N2O3S. The van der Waals surface area contributed by atoms with Crippen LogP contribution in [0.2, 0.25) is 0 Å². The molecule has 0 saturated heterocycles. The fourth-order valence-electron chi connectivity index (χ4n) is 2.12. The second-order valence-electron chi connectivity index (χ2n) is 5.40. The van der Waals surface area contributed by atoms with E-state index >= 15 is 0 Å². The first-order chi connectivity index (χ1) is 10.9. The quantitative estimate of drug-likeness (QED) is 0.664. The van der Waals surface area contributed by atoms with Gasteiger partial charge in [-0.3, -0.25) is 20.4 Å². The van der Waals surface area contributed by atoms with Crippen LogP contribution in [-0.4, -0.2) is 17.1 Å². The van der Waals surface area contributed by atoms with Gasteiger partial charge in [-0.25, -0.2) is 0 Å². The van der Waals surface area contributed by atoms with E-state index in [1.54, 1.807) is 43.8 Å². The summed E-state index contributed by atoms with van der Waals surface area (Å²) in [5.74, 6) is 0.421. The Labute approximate surface area is 139 Å². The number of hydrogen-bond donors (Lipinski definition) is 2. The van der Waals surface area contributed by atoms with Crippen LogP contribution in [0.1, 0.15) is 46.1 Å². The molecule has 0 radical (unpaired) electrons. The molecule has 2 amide bonds. The van der Waals surface area contributed by atoms with Crippen molar-refractivity contribution in [2.45, 2.75) is 37.8 Å². The van der Waals surface area contributed by atoms with Crippen LogP contribution in [-0.2, 0) is 0 Å². The van der Waals surface area contributed by atoms with Gasteiger partial charge in [0.1, 0.15) is 11.5 Å². The van der Waals surface area contributed by atoms with Gasteiger partial charge in [-0.05, 0) is 32.0 Å². The van der Waals surface area contributed by atoms with E-state index in [1.165, 1.54) is 0 Å². The normalized spacial score (nSPS) is 10.7. The molecule has 1 heterocycles. The van der Waals surface area contributed by atoms with Crippen LogP contribution < -0.4 is 10.9 Å². The molecular weight excluding hydrogens is 312 g/mol. The molecule has 0 unspecified atom stereocenters. The fraction of sp³-hybridized carbons (Fsp3) is 0.294. The summed E-state index contributed by atoms with van der Waals surface area (Å²) in [6.07, 6.45) is 0. The molecule has 1 aromatic carbocycles. The third-order valence-corrected chi connectivity index (χ3v) is 4.15. The number of rotatable bonds is 4. The lowest BCUT2D eigenvalue weighted by atomic mass is 10.2. The van der Waals surface area contributed by atoms with Crippen molar-refractivity contribution in [3.8, 4) is 0 Å². The van der Waals surface area contributed by atoms with E-state index < -0.39 is 5.91 Å². The molecule has 0 aliphatic rings. The molecule has 0 spiro atoms. The number of hydrazine groups is 1. The first-order valence-corrected chi connectivity index (χ1v) is 8.20. The number of thioether (sulfide) groups is 1. The van der Waals surface area contributed by atoms with Crippen LogP contribution >= 0.6 is 11.8 Å². The van der Waals surface area contributed by atoms with Crippen LogP contribution in [0.25, 0.3) is 0 Å². The highest BCUT2D eigenvalue weighted by Crippen LogP contribution is 2.26. The predicted octanol–water partition coefficient (Wildman–Crippen LogP) is 3.47. The Morgan fingerprint density at radius 3 is 2.22 bits per heavy atom. The Hall–Kier alpha value is -2.21. The maximum atomic E-state index is 12.3. The van der Waals surface area contributed by atoms with Gasteiger partial charge in [0.25, 0.3) is 11.8 Å². The summed E-state index contributed by atoms with van der Waals surface area (Å²) in [6.45, 7) is 7.59. The van der Waals surface area contributed by atoms with Gasteiger partial charge >= 0.3 is 0 Å². The number of aryl methyl sites for hydroxylation is 2. The van der Waals surface area contributed by atoms with Gasteiger partial charge in [-0.1, -0.05) is 26.0 Å². The number of carbonyl (C=O) groups excluding carboxylic acids is 2. The second kappa shape index (κ2) is 7.37. The van der Waals surface area contributed by atoms with Crippen molar-refractivity contribution < 1.29 is 14.0 Å². The van der Waals surface area contributed by atoms with E-state index in [2.05, 4.69) is 24.7 Å². The van der Waals surface area contributed by atoms with E-state index in [-0.39, 0.29) is 5.91 Å². The first kappa shape index (κ1) is 17.1. The zero-order valence-electron chi connectivity index (χ0n) is 13.6. The van der Waals surface area contributed by atoms with E-state index in [9.17, 15) is 9.59 Å². The molecule has 0 aliphatic carbocycles. The minimum absolute atomic E-state index is 0.347. The molecule has 23 heavy (non-hydrogen) atoms. The fourth-order valence-corrected chi connectivity index (χ4v) is 3.07. The minimum atomic E-state index is -0.401.